The Morgan fingerprint density at radius 2 is 2.54 bits per heavy atom. The van der Waals surface area contributed by atoms with E-state index < -0.39 is 0 Å². The molecule has 1 unspecified atom stereocenters. The molecule has 0 spiro atoms. The van der Waals surface area contributed by atoms with Gasteiger partial charge in [0.05, 0.1) is 12.3 Å². The zero-order chi connectivity index (χ0) is 9.10. The molecular formula is C9H13N3O. The lowest BCUT2D eigenvalue weighted by Crippen LogP contribution is -2.24. The molecule has 1 fully saturated rings. The molecule has 1 aromatic heterocycles. The van der Waals surface area contributed by atoms with Crippen LogP contribution in [-0.2, 0) is 0 Å². The highest BCUT2D eigenvalue weighted by Gasteiger charge is 2.25. The molecule has 4 nitrogen and oxygen atoms in total. The molecule has 1 saturated heterocycles. The van der Waals surface area contributed by atoms with Crippen molar-refractivity contribution >= 4 is 0 Å². The molecule has 0 saturated carbocycles. The van der Waals surface area contributed by atoms with Crippen molar-refractivity contribution in [2.45, 2.75) is 18.4 Å². The smallest absolute Gasteiger partial charge is 0.0675 e. The maximum absolute atomic E-state index is 8.93. The number of aliphatic hydroxyl groups is 1. The molecule has 1 aliphatic rings. The first-order valence-corrected chi connectivity index (χ1v) is 4.52. The number of rotatable bonds is 2. The second-order valence-electron chi connectivity index (χ2n) is 3.37. The van der Waals surface area contributed by atoms with E-state index in [-0.39, 0.29) is 12.6 Å². The summed E-state index contributed by atoms with van der Waals surface area (Å²) in [6.45, 7) is 1.10. The highest BCUT2D eigenvalue weighted by molar-refractivity contribution is 5.10. The van der Waals surface area contributed by atoms with Crippen LogP contribution in [0.15, 0.2) is 18.3 Å². The number of nitrogens with one attached hydrogen (secondary N) is 1. The Hall–Kier alpha value is -1.00. The van der Waals surface area contributed by atoms with Gasteiger partial charge in [-0.3, -0.25) is 0 Å². The maximum atomic E-state index is 8.93. The highest BCUT2D eigenvalue weighted by Crippen LogP contribution is 2.22. The second-order valence-corrected chi connectivity index (χ2v) is 3.37. The standard InChI is InChI=1S/C9H13N3O/c13-6-8-4-7(5-10-8)9-2-1-3-11-12-9/h1-3,7-8,10,13H,4-6H2/t7?,8-/m1/s1. The van der Waals surface area contributed by atoms with Gasteiger partial charge in [-0.05, 0) is 18.6 Å². The zero-order valence-electron chi connectivity index (χ0n) is 7.35. The van der Waals surface area contributed by atoms with Crippen molar-refractivity contribution in [3.05, 3.63) is 24.0 Å². The van der Waals surface area contributed by atoms with Gasteiger partial charge in [-0.25, -0.2) is 0 Å². The molecule has 2 N–H and O–H groups in total. The Bertz CT molecular complexity index is 265. The molecular weight excluding hydrogens is 166 g/mol. The monoisotopic (exact) mass is 179 g/mol. The van der Waals surface area contributed by atoms with Crippen LogP contribution in [0, 0.1) is 0 Å². The molecule has 0 aromatic carbocycles. The molecule has 70 valence electrons. The van der Waals surface area contributed by atoms with E-state index in [0.717, 1.165) is 18.7 Å². The van der Waals surface area contributed by atoms with E-state index in [1.54, 1.807) is 6.20 Å². The van der Waals surface area contributed by atoms with Crippen molar-refractivity contribution in [1.82, 2.24) is 15.5 Å². The van der Waals surface area contributed by atoms with Crippen molar-refractivity contribution in [1.29, 1.82) is 0 Å². The van der Waals surface area contributed by atoms with Gasteiger partial charge in [0.25, 0.3) is 0 Å². The topological polar surface area (TPSA) is 58.0 Å². The van der Waals surface area contributed by atoms with Crippen LogP contribution in [0.5, 0.6) is 0 Å². The third kappa shape index (κ3) is 1.84. The predicted octanol–water partition coefficient (Wildman–Crippen LogP) is -0.0856. The second kappa shape index (κ2) is 3.81. The first-order valence-electron chi connectivity index (χ1n) is 4.52. The van der Waals surface area contributed by atoms with Crippen LogP contribution in [0.4, 0.5) is 0 Å². The van der Waals surface area contributed by atoms with Crippen molar-refractivity contribution in [3.8, 4) is 0 Å². The molecule has 0 aliphatic carbocycles. The van der Waals surface area contributed by atoms with Crippen molar-refractivity contribution in [2.24, 2.45) is 0 Å². The zero-order valence-corrected chi connectivity index (χ0v) is 7.35. The van der Waals surface area contributed by atoms with E-state index in [1.165, 1.54) is 0 Å². The minimum absolute atomic E-state index is 0.205. The van der Waals surface area contributed by atoms with Gasteiger partial charge >= 0.3 is 0 Å². The summed E-state index contributed by atoms with van der Waals surface area (Å²) in [6.07, 6.45) is 2.63. The minimum Gasteiger partial charge on any atom is -0.395 e. The first-order chi connectivity index (χ1) is 6.40. The lowest BCUT2D eigenvalue weighted by molar-refractivity contribution is 0.254. The van der Waals surface area contributed by atoms with Crippen LogP contribution >= 0.6 is 0 Å². The first kappa shape index (κ1) is 8.59. The fraction of sp³-hybridized carbons (Fsp3) is 0.556. The summed E-state index contributed by atoms with van der Waals surface area (Å²) in [6, 6.07) is 4.11. The molecule has 2 atom stereocenters. The molecule has 0 bridgehead atoms. The van der Waals surface area contributed by atoms with E-state index in [1.807, 2.05) is 12.1 Å². The van der Waals surface area contributed by atoms with Crippen molar-refractivity contribution < 1.29 is 5.11 Å². The molecule has 0 radical (unpaired) electrons. The molecule has 13 heavy (non-hydrogen) atoms. The van der Waals surface area contributed by atoms with Gasteiger partial charge in [-0.1, -0.05) is 0 Å². The van der Waals surface area contributed by atoms with Crippen LogP contribution in [-0.4, -0.2) is 34.5 Å². The largest absolute Gasteiger partial charge is 0.395 e. The Kier molecular flexibility index (Phi) is 2.52. The van der Waals surface area contributed by atoms with E-state index in [9.17, 15) is 0 Å². The summed E-state index contributed by atoms with van der Waals surface area (Å²) in [4.78, 5) is 0. The SMILES string of the molecule is OC[C@H]1CC(c2cccnn2)CN1. The third-order valence-electron chi connectivity index (χ3n) is 2.45. The van der Waals surface area contributed by atoms with Crippen LogP contribution in [0.2, 0.25) is 0 Å². The van der Waals surface area contributed by atoms with E-state index in [4.69, 9.17) is 5.11 Å². The number of aliphatic hydroxyl groups excluding tert-OH is 1. The summed E-state index contributed by atoms with van der Waals surface area (Å²) in [5.41, 5.74) is 1.02. The van der Waals surface area contributed by atoms with Gasteiger partial charge in [0.2, 0.25) is 0 Å². The lowest BCUT2D eigenvalue weighted by atomic mass is 10.0. The molecule has 2 rings (SSSR count). The van der Waals surface area contributed by atoms with Gasteiger partial charge in [-0.15, -0.1) is 0 Å². The Morgan fingerprint density at radius 1 is 1.62 bits per heavy atom. The van der Waals surface area contributed by atoms with Crippen molar-refractivity contribution in [3.63, 3.8) is 0 Å². The van der Waals surface area contributed by atoms with Gasteiger partial charge < -0.3 is 10.4 Å². The Balaban J connectivity index is 2.04. The molecule has 0 amide bonds. The number of hydrogen-bond donors (Lipinski definition) is 2. The predicted molar refractivity (Wildman–Crippen MR) is 48.3 cm³/mol. The fourth-order valence-corrected chi connectivity index (χ4v) is 1.71. The number of hydrogen-bond acceptors (Lipinski definition) is 4. The highest BCUT2D eigenvalue weighted by atomic mass is 16.3. The van der Waals surface area contributed by atoms with E-state index >= 15 is 0 Å². The molecule has 1 aliphatic heterocycles. The van der Waals surface area contributed by atoms with Crippen molar-refractivity contribution in [2.75, 3.05) is 13.2 Å². The summed E-state index contributed by atoms with van der Waals surface area (Å²) in [5, 5.41) is 20.1. The minimum atomic E-state index is 0.205. The van der Waals surface area contributed by atoms with E-state index in [2.05, 4.69) is 15.5 Å². The van der Waals surface area contributed by atoms with Gasteiger partial charge in [-0.2, -0.15) is 10.2 Å². The average Bonchev–Trinajstić information content (AvgIpc) is 2.67. The van der Waals surface area contributed by atoms with Crippen LogP contribution in [0.3, 0.4) is 0 Å². The summed E-state index contributed by atoms with van der Waals surface area (Å²) in [7, 11) is 0. The summed E-state index contributed by atoms with van der Waals surface area (Å²) < 4.78 is 0. The van der Waals surface area contributed by atoms with E-state index in [0.29, 0.717) is 5.92 Å². The normalized spacial score (nSPS) is 27.8. The molecule has 2 heterocycles. The van der Waals surface area contributed by atoms with Crippen LogP contribution in [0.1, 0.15) is 18.0 Å². The van der Waals surface area contributed by atoms with Crippen LogP contribution < -0.4 is 5.32 Å². The van der Waals surface area contributed by atoms with Gasteiger partial charge in [0.1, 0.15) is 0 Å². The lowest BCUT2D eigenvalue weighted by Gasteiger charge is -2.06. The van der Waals surface area contributed by atoms with Gasteiger partial charge in [0, 0.05) is 24.7 Å². The fourth-order valence-electron chi connectivity index (χ4n) is 1.71. The quantitative estimate of drug-likeness (QED) is 0.666. The molecule has 1 aromatic rings. The third-order valence-corrected chi connectivity index (χ3v) is 2.45. The molecule has 4 heteroatoms. The number of nitrogens with zero attached hydrogens (tertiary/aromatic N) is 2. The summed E-state index contributed by atoms with van der Waals surface area (Å²) in [5.74, 6) is 0.408. The number of aromatic nitrogens is 2. The Morgan fingerprint density at radius 3 is 3.15 bits per heavy atom. The van der Waals surface area contributed by atoms with Gasteiger partial charge in [0.15, 0.2) is 0 Å². The maximum Gasteiger partial charge on any atom is 0.0675 e. The Labute approximate surface area is 77.0 Å². The van der Waals surface area contributed by atoms with Crippen LogP contribution in [0.25, 0.3) is 0 Å². The summed E-state index contributed by atoms with van der Waals surface area (Å²) >= 11 is 0. The average molecular weight is 179 g/mol.